The monoisotopic (exact) mass is 390 g/mol. The van der Waals surface area contributed by atoms with Crippen LogP contribution < -0.4 is 10.2 Å². The fraction of sp³-hybridized carbons (Fsp3) is 0.650. The highest BCUT2D eigenvalue weighted by atomic mass is 16.6. The van der Waals surface area contributed by atoms with Gasteiger partial charge in [0.2, 0.25) is 0 Å². The number of carbonyl (C=O) groups excluding carboxylic acids is 1. The number of hydrogen-bond acceptors (Lipinski definition) is 6. The van der Waals surface area contributed by atoms with Gasteiger partial charge in [-0.25, -0.2) is 0 Å². The van der Waals surface area contributed by atoms with E-state index in [1.165, 1.54) is 31.4 Å². The molecule has 1 aromatic rings. The number of nitro benzene ring substituents is 1. The Labute approximate surface area is 166 Å². The summed E-state index contributed by atoms with van der Waals surface area (Å²) < 4.78 is 5.37. The van der Waals surface area contributed by atoms with Crippen molar-refractivity contribution in [1.29, 1.82) is 0 Å². The number of carbonyl (C=O) groups is 1. The number of morpholine rings is 1. The molecule has 28 heavy (non-hydrogen) atoms. The van der Waals surface area contributed by atoms with Crippen LogP contribution in [0.25, 0.3) is 0 Å². The Bertz CT molecular complexity index is 691. The van der Waals surface area contributed by atoms with Crippen molar-refractivity contribution in [1.82, 2.24) is 10.2 Å². The minimum Gasteiger partial charge on any atom is -0.378 e. The van der Waals surface area contributed by atoms with Crippen LogP contribution in [-0.2, 0) is 4.74 Å². The fourth-order valence-electron chi connectivity index (χ4n) is 3.97. The SMILES string of the molecule is C[C@@H]1CCCCN1CCCNC(=O)c1cc([N+](=O)[O-])ccc1N1CCOCC1. The molecule has 2 heterocycles. The second-order valence-corrected chi connectivity index (χ2v) is 7.55. The third-order valence-corrected chi connectivity index (χ3v) is 5.64. The molecule has 154 valence electrons. The van der Waals surface area contributed by atoms with Gasteiger partial charge in [0.15, 0.2) is 0 Å². The molecule has 1 amide bonds. The van der Waals surface area contributed by atoms with E-state index in [2.05, 4.69) is 22.0 Å². The lowest BCUT2D eigenvalue weighted by atomic mass is 10.0. The molecule has 2 aliphatic heterocycles. The van der Waals surface area contributed by atoms with Crippen LogP contribution in [0.3, 0.4) is 0 Å². The molecule has 0 aliphatic carbocycles. The Hall–Kier alpha value is -2.19. The smallest absolute Gasteiger partial charge is 0.270 e. The van der Waals surface area contributed by atoms with Crippen molar-refractivity contribution in [3.8, 4) is 0 Å². The highest BCUT2D eigenvalue weighted by molar-refractivity contribution is 6.00. The third-order valence-electron chi connectivity index (χ3n) is 5.64. The van der Waals surface area contributed by atoms with Gasteiger partial charge in [-0.2, -0.15) is 0 Å². The second-order valence-electron chi connectivity index (χ2n) is 7.55. The average molecular weight is 390 g/mol. The first kappa shape index (κ1) is 20.5. The van der Waals surface area contributed by atoms with Crippen LogP contribution in [0.5, 0.6) is 0 Å². The molecule has 3 rings (SSSR count). The first-order valence-electron chi connectivity index (χ1n) is 10.2. The van der Waals surface area contributed by atoms with Gasteiger partial charge < -0.3 is 19.9 Å². The lowest BCUT2D eigenvalue weighted by Crippen LogP contribution is -2.39. The van der Waals surface area contributed by atoms with Crippen molar-refractivity contribution >= 4 is 17.3 Å². The van der Waals surface area contributed by atoms with Gasteiger partial charge in [-0.1, -0.05) is 6.42 Å². The average Bonchev–Trinajstić information content (AvgIpc) is 2.72. The minimum absolute atomic E-state index is 0.0655. The van der Waals surface area contributed by atoms with Crippen LogP contribution in [-0.4, -0.2) is 67.7 Å². The Morgan fingerprint density at radius 3 is 2.79 bits per heavy atom. The molecule has 1 N–H and O–H groups in total. The summed E-state index contributed by atoms with van der Waals surface area (Å²) >= 11 is 0. The first-order chi connectivity index (χ1) is 13.6. The number of benzene rings is 1. The maximum atomic E-state index is 12.8. The number of rotatable bonds is 7. The Morgan fingerprint density at radius 2 is 2.07 bits per heavy atom. The largest absolute Gasteiger partial charge is 0.378 e. The number of hydrogen-bond donors (Lipinski definition) is 1. The molecule has 0 radical (unpaired) electrons. The number of amides is 1. The first-order valence-corrected chi connectivity index (χ1v) is 10.2. The molecule has 0 spiro atoms. The van der Waals surface area contributed by atoms with Crippen molar-refractivity contribution in [2.75, 3.05) is 50.8 Å². The summed E-state index contributed by atoms with van der Waals surface area (Å²) in [6.07, 6.45) is 4.65. The second kappa shape index (κ2) is 9.84. The van der Waals surface area contributed by atoms with E-state index in [1.807, 2.05) is 0 Å². The summed E-state index contributed by atoms with van der Waals surface area (Å²) in [5.41, 5.74) is 1.03. The molecule has 8 heteroatoms. The summed E-state index contributed by atoms with van der Waals surface area (Å²) in [4.78, 5) is 28.0. The molecular formula is C20H30N4O4. The van der Waals surface area contributed by atoms with Gasteiger partial charge in [0.1, 0.15) is 0 Å². The number of nitro groups is 1. The van der Waals surface area contributed by atoms with Crippen molar-refractivity contribution < 1.29 is 14.5 Å². The molecule has 0 aromatic heterocycles. The molecule has 1 atom stereocenters. The Kier molecular flexibility index (Phi) is 7.22. The highest BCUT2D eigenvalue weighted by Crippen LogP contribution is 2.26. The lowest BCUT2D eigenvalue weighted by molar-refractivity contribution is -0.384. The Balaban J connectivity index is 1.61. The van der Waals surface area contributed by atoms with Crippen molar-refractivity contribution in [3.05, 3.63) is 33.9 Å². The van der Waals surface area contributed by atoms with Gasteiger partial charge in [-0.3, -0.25) is 14.9 Å². The normalized spacial score (nSPS) is 20.8. The lowest BCUT2D eigenvalue weighted by Gasteiger charge is -2.33. The van der Waals surface area contributed by atoms with E-state index in [1.54, 1.807) is 6.07 Å². The van der Waals surface area contributed by atoms with E-state index in [0.717, 1.165) is 25.2 Å². The zero-order valence-electron chi connectivity index (χ0n) is 16.6. The molecule has 2 fully saturated rings. The highest BCUT2D eigenvalue weighted by Gasteiger charge is 2.22. The van der Waals surface area contributed by atoms with Gasteiger partial charge in [-0.15, -0.1) is 0 Å². The van der Waals surface area contributed by atoms with Crippen LogP contribution in [0.2, 0.25) is 0 Å². The number of likely N-dealkylation sites (tertiary alicyclic amines) is 1. The standard InChI is InChI=1S/C20H30N4O4/c1-16-5-2-3-9-22(16)10-4-8-21-20(25)18-15-17(24(26)27)6-7-19(18)23-11-13-28-14-12-23/h6-7,15-16H,2-5,8-14H2,1H3,(H,21,25)/t16-/m1/s1. The predicted molar refractivity (Wildman–Crippen MR) is 108 cm³/mol. The number of nitrogens with zero attached hydrogens (tertiary/aromatic N) is 3. The number of anilines is 1. The molecule has 2 aliphatic rings. The zero-order valence-corrected chi connectivity index (χ0v) is 16.6. The molecule has 0 saturated carbocycles. The van der Waals surface area contributed by atoms with Crippen molar-refractivity contribution in [2.45, 2.75) is 38.6 Å². The van der Waals surface area contributed by atoms with E-state index in [-0.39, 0.29) is 11.6 Å². The molecule has 0 unspecified atom stereocenters. The maximum Gasteiger partial charge on any atom is 0.270 e. The number of piperidine rings is 1. The van der Waals surface area contributed by atoms with Gasteiger partial charge in [0.05, 0.1) is 29.4 Å². The summed E-state index contributed by atoms with van der Waals surface area (Å²) in [5, 5.41) is 14.1. The van der Waals surface area contributed by atoms with E-state index in [4.69, 9.17) is 4.74 Å². The summed E-state index contributed by atoms with van der Waals surface area (Å²) in [5.74, 6) is -0.253. The van der Waals surface area contributed by atoms with E-state index < -0.39 is 4.92 Å². The minimum atomic E-state index is -0.461. The fourth-order valence-corrected chi connectivity index (χ4v) is 3.97. The van der Waals surface area contributed by atoms with Crippen LogP contribution in [0.1, 0.15) is 43.0 Å². The van der Waals surface area contributed by atoms with Crippen LogP contribution in [0.4, 0.5) is 11.4 Å². The maximum absolute atomic E-state index is 12.8. The van der Waals surface area contributed by atoms with E-state index in [9.17, 15) is 14.9 Å². The summed E-state index contributed by atoms with van der Waals surface area (Å²) in [7, 11) is 0. The molecule has 8 nitrogen and oxygen atoms in total. The van der Waals surface area contributed by atoms with Gasteiger partial charge in [0.25, 0.3) is 11.6 Å². The quantitative estimate of drug-likeness (QED) is 0.437. The Morgan fingerprint density at radius 1 is 1.29 bits per heavy atom. The topological polar surface area (TPSA) is 88.0 Å². The zero-order chi connectivity index (χ0) is 19.9. The molecule has 2 saturated heterocycles. The third kappa shape index (κ3) is 5.20. The number of non-ortho nitro benzene ring substituents is 1. The summed E-state index contributed by atoms with van der Waals surface area (Å²) in [6, 6.07) is 5.12. The molecule has 1 aromatic carbocycles. The predicted octanol–water partition coefficient (Wildman–Crippen LogP) is 2.43. The summed E-state index contributed by atoms with van der Waals surface area (Å²) in [6.45, 7) is 7.44. The number of nitrogens with one attached hydrogen (secondary N) is 1. The van der Waals surface area contributed by atoms with Crippen molar-refractivity contribution in [3.63, 3.8) is 0 Å². The van der Waals surface area contributed by atoms with E-state index in [0.29, 0.717) is 44.5 Å². The van der Waals surface area contributed by atoms with Crippen molar-refractivity contribution in [2.24, 2.45) is 0 Å². The van der Waals surface area contributed by atoms with Gasteiger partial charge in [-0.05, 0) is 38.8 Å². The van der Waals surface area contributed by atoms with Crippen LogP contribution in [0, 0.1) is 10.1 Å². The van der Waals surface area contributed by atoms with E-state index >= 15 is 0 Å². The van der Waals surface area contributed by atoms with Gasteiger partial charge >= 0.3 is 0 Å². The number of ether oxygens (including phenoxy) is 1. The van der Waals surface area contributed by atoms with Crippen LogP contribution in [0.15, 0.2) is 18.2 Å². The van der Waals surface area contributed by atoms with Gasteiger partial charge in [0, 0.05) is 44.4 Å². The van der Waals surface area contributed by atoms with Crippen LogP contribution >= 0.6 is 0 Å². The molecule has 0 bridgehead atoms. The molecular weight excluding hydrogens is 360 g/mol.